The van der Waals surface area contributed by atoms with Crippen molar-refractivity contribution in [2.75, 3.05) is 39.4 Å². The number of aliphatic hydroxyl groups is 4. The van der Waals surface area contributed by atoms with Crippen LogP contribution in [0.1, 0.15) is 93.3 Å². The lowest BCUT2D eigenvalue weighted by Gasteiger charge is -2.29. The van der Waals surface area contributed by atoms with Gasteiger partial charge in [0.05, 0.1) is 24.6 Å². The number of halogens is 2. The fourth-order valence-electron chi connectivity index (χ4n) is 5.81. The Kier molecular flexibility index (Phi) is 16.3. The Morgan fingerprint density at radius 2 is 1.62 bits per heavy atom. The summed E-state index contributed by atoms with van der Waals surface area (Å²) >= 11 is 0. The van der Waals surface area contributed by atoms with Crippen molar-refractivity contribution in [1.29, 1.82) is 0 Å². The molecule has 280 valence electrons. The number of nitrogens with zero attached hydrogens (tertiary/aromatic N) is 3. The molecule has 14 heteroatoms. The molecule has 0 unspecified atom stereocenters. The quantitative estimate of drug-likeness (QED) is 0.269. The summed E-state index contributed by atoms with van der Waals surface area (Å²) in [7, 11) is 0. The minimum absolute atomic E-state index is 0. The van der Waals surface area contributed by atoms with Gasteiger partial charge in [-0.05, 0) is 102 Å². The SMILES string of the molecule is Cc1cc([C@H](O)[C@@H](O)CO)cnc1C1=CCNCC1.Cc1cc([C@H](O)[C@@H]2COC(C)(C)O2)cnc1C1=CCN(C(=O)OC(C)(C)C)CC1.Cl.Cl. The molecule has 0 spiro atoms. The van der Waals surface area contributed by atoms with Gasteiger partial charge in [0.15, 0.2) is 5.79 Å². The summed E-state index contributed by atoms with van der Waals surface area (Å²) in [6.07, 6.45) is 5.28. The minimum Gasteiger partial charge on any atom is -0.444 e. The van der Waals surface area contributed by atoms with Crippen LogP contribution in [0.3, 0.4) is 0 Å². The fraction of sp³-hybridized carbons (Fsp3) is 0.583. The van der Waals surface area contributed by atoms with Crippen LogP contribution >= 0.6 is 24.8 Å². The first-order chi connectivity index (χ1) is 22.6. The van der Waals surface area contributed by atoms with E-state index in [9.17, 15) is 20.1 Å². The number of aromatic nitrogens is 2. The van der Waals surface area contributed by atoms with Gasteiger partial charge >= 0.3 is 6.09 Å². The number of carbonyl (C=O) groups excluding carboxylic acids is 1. The van der Waals surface area contributed by atoms with Crippen molar-refractivity contribution >= 4 is 42.1 Å². The second kappa shape index (κ2) is 18.7. The highest BCUT2D eigenvalue weighted by Crippen LogP contribution is 2.32. The predicted octanol–water partition coefficient (Wildman–Crippen LogP) is 4.60. The third kappa shape index (κ3) is 11.7. The maximum atomic E-state index is 12.2. The third-order valence-corrected chi connectivity index (χ3v) is 8.35. The van der Waals surface area contributed by atoms with Gasteiger partial charge in [0.2, 0.25) is 0 Å². The highest BCUT2D eigenvalue weighted by Gasteiger charge is 2.37. The molecule has 0 saturated carbocycles. The van der Waals surface area contributed by atoms with E-state index in [1.807, 2.05) is 66.7 Å². The molecular weight excluding hydrogens is 687 g/mol. The van der Waals surface area contributed by atoms with Gasteiger partial charge in [-0.2, -0.15) is 0 Å². The molecule has 1 saturated heterocycles. The number of aryl methyl sites for hydroxylation is 2. The molecule has 3 aliphatic rings. The van der Waals surface area contributed by atoms with E-state index in [4.69, 9.17) is 19.3 Å². The van der Waals surface area contributed by atoms with E-state index in [1.54, 1.807) is 17.3 Å². The van der Waals surface area contributed by atoms with Crippen LogP contribution in [0.2, 0.25) is 0 Å². The molecule has 1 amide bonds. The summed E-state index contributed by atoms with van der Waals surface area (Å²) in [5.41, 5.74) is 6.84. The third-order valence-electron chi connectivity index (χ3n) is 8.35. The molecule has 1 fully saturated rings. The van der Waals surface area contributed by atoms with Crippen LogP contribution in [0.15, 0.2) is 36.7 Å². The van der Waals surface area contributed by atoms with E-state index >= 15 is 0 Å². The van der Waals surface area contributed by atoms with E-state index in [-0.39, 0.29) is 30.9 Å². The number of ether oxygens (including phenoxy) is 3. The van der Waals surface area contributed by atoms with Crippen molar-refractivity contribution in [2.24, 2.45) is 0 Å². The Bertz CT molecular complexity index is 1500. The van der Waals surface area contributed by atoms with E-state index in [0.29, 0.717) is 37.2 Å². The number of hydrogen-bond acceptors (Lipinski definition) is 11. The lowest BCUT2D eigenvalue weighted by atomic mass is 9.98. The van der Waals surface area contributed by atoms with Gasteiger partial charge in [-0.3, -0.25) is 9.97 Å². The number of rotatable bonds is 7. The number of hydrogen-bond donors (Lipinski definition) is 5. The molecule has 5 heterocycles. The highest BCUT2D eigenvalue weighted by atomic mass is 35.5. The Morgan fingerprint density at radius 3 is 2.10 bits per heavy atom. The first kappa shape index (κ1) is 43.5. The van der Waals surface area contributed by atoms with Gasteiger partial charge in [-0.1, -0.05) is 12.2 Å². The van der Waals surface area contributed by atoms with Crippen molar-refractivity contribution in [2.45, 2.75) is 97.1 Å². The zero-order chi connectivity index (χ0) is 35.2. The summed E-state index contributed by atoms with van der Waals surface area (Å²) in [6, 6.07) is 3.76. The molecule has 12 nitrogen and oxygen atoms in total. The summed E-state index contributed by atoms with van der Waals surface area (Å²) in [6.45, 7) is 15.9. The molecule has 3 aliphatic heterocycles. The Balaban J connectivity index is 0.000000361. The van der Waals surface area contributed by atoms with Crippen LogP contribution in [0, 0.1) is 13.8 Å². The molecule has 5 rings (SSSR count). The van der Waals surface area contributed by atoms with Crippen molar-refractivity contribution in [3.05, 3.63) is 70.3 Å². The molecule has 0 radical (unpaired) electrons. The molecule has 0 aliphatic carbocycles. The minimum atomic E-state index is -1.18. The fourth-order valence-corrected chi connectivity index (χ4v) is 5.81. The first-order valence-electron chi connectivity index (χ1n) is 16.6. The Hall–Kier alpha value is -2.65. The molecule has 2 aromatic rings. The summed E-state index contributed by atoms with van der Waals surface area (Å²) in [5, 5.41) is 42.0. The molecule has 50 heavy (non-hydrogen) atoms. The van der Waals surface area contributed by atoms with Crippen molar-refractivity contribution in [1.82, 2.24) is 20.2 Å². The lowest BCUT2D eigenvalue weighted by Crippen LogP contribution is -2.39. The number of nitrogens with one attached hydrogen (secondary N) is 1. The lowest BCUT2D eigenvalue weighted by molar-refractivity contribution is -0.151. The van der Waals surface area contributed by atoms with Crippen LogP contribution in [0.5, 0.6) is 0 Å². The van der Waals surface area contributed by atoms with Crippen molar-refractivity contribution in [3.8, 4) is 0 Å². The Morgan fingerprint density at radius 1 is 1.02 bits per heavy atom. The maximum absolute atomic E-state index is 12.2. The van der Waals surface area contributed by atoms with E-state index < -0.39 is 42.4 Å². The second-order valence-corrected chi connectivity index (χ2v) is 14.0. The summed E-state index contributed by atoms with van der Waals surface area (Å²) < 4.78 is 16.7. The number of amides is 1. The zero-order valence-electron chi connectivity index (χ0n) is 30.0. The number of aliphatic hydroxyl groups excluding tert-OH is 4. The number of pyridine rings is 2. The second-order valence-electron chi connectivity index (χ2n) is 14.0. The molecule has 0 bridgehead atoms. The van der Waals surface area contributed by atoms with Crippen molar-refractivity contribution < 1.29 is 39.4 Å². The smallest absolute Gasteiger partial charge is 0.410 e. The average molecular weight is 742 g/mol. The van der Waals surface area contributed by atoms with Crippen LogP contribution in [-0.4, -0.2) is 104 Å². The van der Waals surface area contributed by atoms with E-state index in [2.05, 4.69) is 21.4 Å². The Labute approximate surface area is 307 Å². The maximum Gasteiger partial charge on any atom is 0.410 e. The van der Waals surface area contributed by atoms with Crippen LogP contribution < -0.4 is 5.32 Å². The predicted molar refractivity (Wildman–Crippen MR) is 196 cm³/mol. The normalized spacial score (nSPS) is 20.5. The summed E-state index contributed by atoms with van der Waals surface area (Å²) in [5.74, 6) is -0.680. The van der Waals surface area contributed by atoms with Gasteiger partial charge in [-0.15, -0.1) is 24.8 Å². The molecule has 4 atom stereocenters. The largest absolute Gasteiger partial charge is 0.444 e. The highest BCUT2D eigenvalue weighted by molar-refractivity contribution is 5.85. The van der Waals surface area contributed by atoms with Gasteiger partial charge in [0.25, 0.3) is 0 Å². The summed E-state index contributed by atoms with van der Waals surface area (Å²) in [4.78, 5) is 22.9. The average Bonchev–Trinajstić information content (AvgIpc) is 3.42. The van der Waals surface area contributed by atoms with Gasteiger partial charge in [-0.25, -0.2) is 4.79 Å². The van der Waals surface area contributed by atoms with Gasteiger partial charge in [0, 0.05) is 43.2 Å². The first-order valence-corrected chi connectivity index (χ1v) is 16.6. The topological polar surface area (TPSA) is 167 Å². The molecule has 5 N–H and O–H groups in total. The van der Waals surface area contributed by atoms with Crippen LogP contribution in [0.4, 0.5) is 4.79 Å². The van der Waals surface area contributed by atoms with Crippen LogP contribution in [-0.2, 0) is 14.2 Å². The van der Waals surface area contributed by atoms with Crippen molar-refractivity contribution in [3.63, 3.8) is 0 Å². The molecule has 2 aromatic heterocycles. The van der Waals surface area contributed by atoms with Crippen LogP contribution in [0.25, 0.3) is 11.1 Å². The number of carbonyl (C=O) groups is 1. The van der Waals surface area contributed by atoms with Gasteiger partial charge in [0.1, 0.15) is 30.0 Å². The van der Waals surface area contributed by atoms with E-state index in [0.717, 1.165) is 47.6 Å². The molecular formula is C36H54Cl2N4O8. The zero-order valence-corrected chi connectivity index (χ0v) is 31.6. The monoisotopic (exact) mass is 740 g/mol. The van der Waals surface area contributed by atoms with E-state index in [1.165, 1.54) is 5.57 Å². The standard InChI is InChI=1S/C22H32N2O5.C14H20N2O3.2ClH/c1-14-11-16(19(25)17-13-27-22(5,6)28-17)12-23-18(14)15-7-9-24(10-8-15)20(26)29-21(2,3)4;1-9-6-11(14(19)12(18)8-17)7-16-13(9)10-2-4-15-5-3-10;;/h7,11-12,17,19,25H,8-10,13H2,1-6H3;2,6-7,12,14-15,17-19H,3-5,8H2,1H3;2*1H/t17-,19-;12-,14-;;/m00../s1. The molecule has 0 aromatic carbocycles. The van der Waals surface area contributed by atoms with Gasteiger partial charge < -0.3 is 44.9 Å².